The molecule has 4 aromatic rings. The highest BCUT2D eigenvalue weighted by atomic mass is 16.5. The number of rotatable bonds is 14. The summed E-state index contributed by atoms with van der Waals surface area (Å²) >= 11 is 0. The Hall–Kier alpha value is -4.67. The van der Waals surface area contributed by atoms with E-state index in [9.17, 15) is 4.79 Å². The van der Waals surface area contributed by atoms with Gasteiger partial charge in [0.1, 0.15) is 17.3 Å². The fourth-order valence-electron chi connectivity index (χ4n) is 5.85. The van der Waals surface area contributed by atoms with Crippen molar-refractivity contribution < 1.29 is 28.8 Å². The predicted octanol–water partition coefficient (Wildman–Crippen LogP) is 7.78. The minimum atomic E-state index is -0.500. The average Bonchev–Trinajstić information content (AvgIpc) is 3.51. The highest BCUT2D eigenvalue weighted by Gasteiger charge is 2.33. The van der Waals surface area contributed by atoms with Crippen molar-refractivity contribution in [3.05, 3.63) is 85.1 Å². The summed E-state index contributed by atoms with van der Waals surface area (Å²) in [6, 6.07) is 16.0. The van der Waals surface area contributed by atoms with Gasteiger partial charge in [0.2, 0.25) is 0 Å². The van der Waals surface area contributed by atoms with Gasteiger partial charge in [-0.3, -0.25) is 4.79 Å². The highest BCUT2D eigenvalue weighted by Crippen LogP contribution is 2.37. The van der Waals surface area contributed by atoms with Crippen molar-refractivity contribution in [1.29, 1.82) is 0 Å². The van der Waals surface area contributed by atoms with Gasteiger partial charge in [0.05, 0.1) is 50.2 Å². The Morgan fingerprint density at radius 2 is 1.76 bits per heavy atom. The fourth-order valence-corrected chi connectivity index (χ4v) is 5.85. The summed E-state index contributed by atoms with van der Waals surface area (Å²) in [5.41, 5.74) is 5.19. The number of fused-ring (bicyclic) bond motifs is 1. The van der Waals surface area contributed by atoms with Crippen molar-refractivity contribution in [3.8, 4) is 33.9 Å². The molecule has 0 aliphatic carbocycles. The molecule has 0 amide bonds. The molecule has 2 aromatic carbocycles. The first-order valence-corrected chi connectivity index (χ1v) is 17.6. The van der Waals surface area contributed by atoms with E-state index in [1.54, 1.807) is 34.0 Å². The number of aliphatic hydroxyl groups is 1. The second-order valence-electron chi connectivity index (χ2n) is 13.9. The van der Waals surface area contributed by atoms with Gasteiger partial charge in [-0.25, -0.2) is 4.98 Å². The Morgan fingerprint density at radius 1 is 1.06 bits per heavy atom. The van der Waals surface area contributed by atoms with Crippen LogP contribution in [-0.2, 0) is 20.7 Å². The van der Waals surface area contributed by atoms with Crippen molar-refractivity contribution in [3.63, 3.8) is 0 Å². The molecule has 0 spiro atoms. The molecule has 1 aliphatic rings. The molecule has 1 aliphatic heterocycles. The number of carbonyl (C=O) groups is 1. The number of benzene rings is 2. The summed E-state index contributed by atoms with van der Waals surface area (Å²) < 4.78 is 25.0. The van der Waals surface area contributed by atoms with Gasteiger partial charge in [0.25, 0.3) is 0 Å². The molecule has 0 bridgehead atoms. The molecule has 10 nitrogen and oxygen atoms in total. The number of methoxy groups -OCH3 is 1. The van der Waals surface area contributed by atoms with Crippen LogP contribution < -0.4 is 14.4 Å². The number of aryl methyl sites for hydroxylation is 1. The quantitative estimate of drug-likeness (QED) is 0.0803. The lowest BCUT2D eigenvalue weighted by molar-refractivity contribution is -0.142. The summed E-state index contributed by atoms with van der Waals surface area (Å²) in [4.78, 5) is 20.0. The minimum absolute atomic E-state index is 0.119. The molecule has 0 saturated carbocycles. The summed E-state index contributed by atoms with van der Waals surface area (Å²) in [5.74, 6) is 2.10. The van der Waals surface area contributed by atoms with E-state index >= 15 is 0 Å². The third-order valence-electron chi connectivity index (χ3n) is 8.41. The van der Waals surface area contributed by atoms with Crippen LogP contribution in [0.1, 0.15) is 65.1 Å². The number of anilines is 1. The second-order valence-corrected chi connectivity index (χ2v) is 13.9. The largest absolute Gasteiger partial charge is 0.497 e. The number of hydrogen-bond donors (Lipinski definition) is 1. The second kappa shape index (κ2) is 17.5. The molecule has 2 aromatic heterocycles. The molecule has 1 N–H and O–H groups in total. The van der Waals surface area contributed by atoms with E-state index in [0.717, 1.165) is 83.3 Å². The van der Waals surface area contributed by atoms with Gasteiger partial charge in [0.15, 0.2) is 5.65 Å². The third kappa shape index (κ3) is 10.7. The van der Waals surface area contributed by atoms with Crippen LogP contribution in [0.4, 0.5) is 5.82 Å². The molecule has 1 fully saturated rings. The molecule has 0 unspecified atom stereocenters. The lowest BCUT2D eigenvalue weighted by Gasteiger charge is -2.40. The first kappa shape index (κ1) is 39.1. The number of esters is 1. The number of nitrogens with zero attached hydrogens (tertiary/aromatic N) is 4. The molecular formula is C41H54N4O6. The smallest absolute Gasteiger partial charge is 0.310 e. The number of carbonyl (C=O) groups excluding carboxylic acids is 1. The van der Waals surface area contributed by atoms with Crippen molar-refractivity contribution in [1.82, 2.24) is 14.6 Å². The molecule has 5 rings (SSSR count). The van der Waals surface area contributed by atoms with Gasteiger partial charge in [0, 0.05) is 41.5 Å². The van der Waals surface area contributed by atoms with Gasteiger partial charge in [-0.2, -0.15) is 9.61 Å². The van der Waals surface area contributed by atoms with E-state index in [1.807, 2.05) is 60.8 Å². The Labute approximate surface area is 302 Å². The number of ether oxygens (including phenoxy) is 4. The Morgan fingerprint density at radius 3 is 2.41 bits per heavy atom. The van der Waals surface area contributed by atoms with E-state index in [2.05, 4.69) is 37.1 Å². The topological polar surface area (TPSA) is 108 Å². The van der Waals surface area contributed by atoms with Gasteiger partial charge < -0.3 is 29.0 Å². The maximum absolute atomic E-state index is 12.8. The number of piperidine rings is 1. The predicted molar refractivity (Wildman–Crippen MR) is 204 cm³/mol. The molecule has 274 valence electrons. The van der Waals surface area contributed by atoms with E-state index in [1.165, 1.54) is 0 Å². The van der Waals surface area contributed by atoms with Crippen LogP contribution in [0, 0.1) is 6.92 Å². The van der Waals surface area contributed by atoms with Gasteiger partial charge in [-0.15, -0.1) is 13.2 Å². The first-order chi connectivity index (χ1) is 24.3. The van der Waals surface area contributed by atoms with E-state index < -0.39 is 5.60 Å². The standard InChI is InChI=1S/C37H44N4O5.C4H10O/c1-7-10-21-45-33-15-14-29(43-6)23-31(33)27-12-11-13-28(22-27)32-25-34-38-26(4)30(24-35(42)44-9-3)36(41(34)39-32)40-18-16-37(5,17-19-40)46-20-8-2;1-4(2,3)5/h7-8,11-15,22-23,25H,1-2,9-10,16-21,24H2,3-6H3;5H,1-3H3. The zero-order chi connectivity index (χ0) is 37.2. The van der Waals surface area contributed by atoms with Crippen molar-refractivity contribution in [2.45, 2.75) is 78.4 Å². The van der Waals surface area contributed by atoms with Gasteiger partial charge in [-0.1, -0.05) is 30.4 Å². The molecular weight excluding hydrogens is 644 g/mol. The number of hydrogen-bond acceptors (Lipinski definition) is 9. The summed E-state index contributed by atoms with van der Waals surface area (Å²) in [6.07, 6.45) is 6.16. The molecule has 1 saturated heterocycles. The van der Waals surface area contributed by atoms with Crippen LogP contribution in [0.25, 0.3) is 28.0 Å². The fraction of sp³-hybridized carbons (Fsp3) is 0.439. The van der Waals surface area contributed by atoms with Crippen LogP contribution in [0.15, 0.2) is 73.8 Å². The zero-order valence-electron chi connectivity index (χ0n) is 31.3. The van der Waals surface area contributed by atoms with Crippen LogP contribution in [0.2, 0.25) is 0 Å². The zero-order valence-corrected chi connectivity index (χ0v) is 31.3. The normalized spacial score (nSPS) is 14.0. The molecule has 10 heteroatoms. The minimum Gasteiger partial charge on any atom is -0.497 e. The van der Waals surface area contributed by atoms with Gasteiger partial charge >= 0.3 is 5.97 Å². The Balaban J connectivity index is 0.00000109. The monoisotopic (exact) mass is 698 g/mol. The van der Waals surface area contributed by atoms with Crippen LogP contribution in [-0.4, -0.2) is 76.9 Å². The Kier molecular flexibility index (Phi) is 13.4. The van der Waals surface area contributed by atoms with E-state index in [0.29, 0.717) is 25.5 Å². The van der Waals surface area contributed by atoms with Gasteiger partial charge in [-0.05, 0) is 90.6 Å². The Bertz CT molecular complexity index is 1790. The number of aromatic nitrogens is 3. The van der Waals surface area contributed by atoms with Crippen molar-refractivity contribution in [2.24, 2.45) is 0 Å². The van der Waals surface area contributed by atoms with Crippen molar-refractivity contribution >= 4 is 17.4 Å². The van der Waals surface area contributed by atoms with Crippen LogP contribution >= 0.6 is 0 Å². The van der Waals surface area contributed by atoms with E-state index in [-0.39, 0.29) is 18.0 Å². The summed E-state index contributed by atoms with van der Waals surface area (Å²) in [5, 5.41) is 13.6. The summed E-state index contributed by atoms with van der Waals surface area (Å²) in [7, 11) is 1.66. The highest BCUT2D eigenvalue weighted by molar-refractivity contribution is 5.79. The molecule has 0 radical (unpaired) electrons. The maximum Gasteiger partial charge on any atom is 0.310 e. The van der Waals surface area contributed by atoms with Crippen LogP contribution in [0.5, 0.6) is 11.5 Å². The average molecular weight is 699 g/mol. The molecule has 51 heavy (non-hydrogen) atoms. The van der Waals surface area contributed by atoms with Crippen LogP contribution in [0.3, 0.4) is 0 Å². The maximum atomic E-state index is 12.8. The first-order valence-electron chi connectivity index (χ1n) is 17.6. The molecule has 0 atom stereocenters. The third-order valence-corrected chi connectivity index (χ3v) is 8.41. The lowest BCUT2D eigenvalue weighted by atomic mass is 9.93. The SMILES string of the molecule is C=CCCOc1ccc(OC)cc1-c1cccc(-c2cc3nc(C)c(CC(=O)OCC)c(N4CCC(C)(OCC=C)CC4)n3n2)c1.CC(C)(C)O. The van der Waals surface area contributed by atoms with E-state index in [4.69, 9.17) is 34.1 Å². The molecule has 3 heterocycles. The van der Waals surface area contributed by atoms with Crippen molar-refractivity contribution in [2.75, 3.05) is 44.9 Å². The lowest BCUT2D eigenvalue weighted by Crippen LogP contribution is -2.45. The summed E-state index contributed by atoms with van der Waals surface area (Å²) in [6.45, 7) is 21.6.